The molecule has 11 N–H and O–H groups in total. The number of nitrogens with zero attached hydrogens (tertiary/aromatic N) is 1. The molecule has 4 unspecified atom stereocenters. The van der Waals surface area contributed by atoms with E-state index in [4.69, 9.17) is 11.5 Å². The monoisotopic (exact) mass is 632 g/mol. The van der Waals surface area contributed by atoms with E-state index in [1.54, 1.807) is 18.3 Å². The lowest BCUT2D eigenvalue weighted by molar-refractivity contribution is -0.142. The molecule has 0 aliphatic carbocycles. The maximum Gasteiger partial charge on any atom is 0.326 e. The van der Waals surface area contributed by atoms with E-state index in [0.29, 0.717) is 11.3 Å². The SMILES string of the molecule is NC(=O)CCC(NC(=O)C(Cc1ccc(O)cc1)NC(=O)C(Cc1c[nH]c2ccccc12)NC(=O)C(N)Cc1cnc[nH]1)C(=O)O. The van der Waals surface area contributed by atoms with Gasteiger partial charge in [0.05, 0.1) is 12.4 Å². The quantitative estimate of drug-likeness (QED) is 0.0788. The van der Waals surface area contributed by atoms with Crippen LogP contribution >= 0.6 is 0 Å². The van der Waals surface area contributed by atoms with Gasteiger partial charge in [-0.1, -0.05) is 30.3 Å². The zero-order valence-corrected chi connectivity index (χ0v) is 24.7. The van der Waals surface area contributed by atoms with E-state index in [1.165, 1.54) is 24.7 Å². The average molecular weight is 633 g/mol. The lowest BCUT2D eigenvalue weighted by Crippen LogP contribution is -2.58. The number of para-hydroxylation sites is 1. The Balaban J connectivity index is 1.59. The van der Waals surface area contributed by atoms with Crippen LogP contribution in [0.3, 0.4) is 0 Å². The summed E-state index contributed by atoms with van der Waals surface area (Å²) in [7, 11) is 0. The Morgan fingerprint density at radius 3 is 2.13 bits per heavy atom. The molecule has 2 aromatic heterocycles. The molecule has 0 bridgehead atoms. The number of phenolic OH excluding ortho intramolecular Hbond substituents is 1. The summed E-state index contributed by atoms with van der Waals surface area (Å²) in [6.07, 6.45) is 4.22. The van der Waals surface area contributed by atoms with E-state index in [9.17, 15) is 34.2 Å². The Morgan fingerprint density at radius 1 is 0.826 bits per heavy atom. The van der Waals surface area contributed by atoms with Crippen molar-refractivity contribution < 1.29 is 34.2 Å². The van der Waals surface area contributed by atoms with Gasteiger partial charge in [-0.25, -0.2) is 9.78 Å². The number of rotatable bonds is 16. The fraction of sp³-hybridized carbons (Fsp3) is 0.290. The summed E-state index contributed by atoms with van der Waals surface area (Å²) < 4.78 is 0. The van der Waals surface area contributed by atoms with Crippen LogP contribution in [-0.2, 0) is 43.2 Å². The van der Waals surface area contributed by atoms with Crippen molar-refractivity contribution in [1.29, 1.82) is 0 Å². The van der Waals surface area contributed by atoms with Crippen LogP contribution in [0.1, 0.15) is 29.7 Å². The van der Waals surface area contributed by atoms with Crippen LogP contribution in [-0.4, -0.2) is 78.9 Å². The maximum atomic E-state index is 13.9. The summed E-state index contributed by atoms with van der Waals surface area (Å²) in [5, 5.41) is 27.9. The summed E-state index contributed by atoms with van der Waals surface area (Å²) >= 11 is 0. The number of hydrogen-bond donors (Lipinski definition) is 9. The number of amides is 4. The summed E-state index contributed by atoms with van der Waals surface area (Å²) in [4.78, 5) is 73.6. The average Bonchev–Trinajstić information content (AvgIpc) is 3.69. The number of carbonyl (C=O) groups is 5. The Labute approximate surface area is 263 Å². The normalized spacial score (nSPS) is 13.7. The predicted octanol–water partition coefficient (Wildman–Crippen LogP) is -0.244. The first-order valence-corrected chi connectivity index (χ1v) is 14.5. The number of phenols is 1. The Bertz CT molecular complexity index is 1670. The molecule has 15 nitrogen and oxygen atoms in total. The van der Waals surface area contributed by atoms with Gasteiger partial charge in [0, 0.05) is 54.7 Å². The molecule has 0 aliphatic rings. The third-order valence-electron chi connectivity index (χ3n) is 7.37. The van der Waals surface area contributed by atoms with E-state index in [2.05, 4.69) is 30.9 Å². The first kappa shape index (κ1) is 33.2. The van der Waals surface area contributed by atoms with E-state index in [1.807, 2.05) is 24.3 Å². The number of carboxylic acid groups (broad SMARTS) is 1. The van der Waals surface area contributed by atoms with Gasteiger partial charge in [0.2, 0.25) is 23.6 Å². The number of imidazole rings is 1. The van der Waals surface area contributed by atoms with Crippen molar-refractivity contribution in [2.75, 3.05) is 0 Å². The number of fused-ring (bicyclic) bond motifs is 1. The number of benzene rings is 2. The van der Waals surface area contributed by atoms with Crippen LogP contribution in [0, 0.1) is 0 Å². The molecule has 15 heteroatoms. The molecule has 2 heterocycles. The fourth-order valence-corrected chi connectivity index (χ4v) is 4.90. The lowest BCUT2D eigenvalue weighted by Gasteiger charge is -2.25. The third kappa shape index (κ3) is 9.15. The maximum absolute atomic E-state index is 13.9. The molecule has 0 radical (unpaired) electrons. The lowest BCUT2D eigenvalue weighted by atomic mass is 10.0. The molecule has 2 aromatic carbocycles. The number of aromatic hydroxyl groups is 1. The van der Waals surface area contributed by atoms with Crippen LogP contribution in [0.4, 0.5) is 0 Å². The minimum Gasteiger partial charge on any atom is -0.508 e. The van der Waals surface area contributed by atoms with E-state index in [0.717, 1.165) is 16.5 Å². The van der Waals surface area contributed by atoms with E-state index >= 15 is 0 Å². The van der Waals surface area contributed by atoms with Crippen molar-refractivity contribution in [1.82, 2.24) is 30.9 Å². The first-order valence-electron chi connectivity index (χ1n) is 14.5. The number of aromatic amines is 2. The highest BCUT2D eigenvalue weighted by Gasteiger charge is 2.31. The number of aliphatic carboxylic acids is 1. The van der Waals surface area contributed by atoms with Crippen LogP contribution in [0.2, 0.25) is 0 Å². The highest BCUT2D eigenvalue weighted by atomic mass is 16.4. The molecule has 0 saturated carbocycles. The molecule has 46 heavy (non-hydrogen) atoms. The molecule has 4 atom stereocenters. The van der Waals surface area contributed by atoms with Gasteiger partial charge in [-0.05, 0) is 35.7 Å². The summed E-state index contributed by atoms with van der Waals surface area (Å²) in [6, 6.07) is 8.31. The molecule has 0 saturated heterocycles. The molecule has 0 fully saturated rings. The molecule has 4 aromatic rings. The fourth-order valence-electron chi connectivity index (χ4n) is 4.90. The van der Waals surface area contributed by atoms with Gasteiger partial charge in [0.1, 0.15) is 23.9 Å². The molecule has 242 valence electrons. The van der Waals surface area contributed by atoms with Crippen molar-refractivity contribution in [3.8, 4) is 5.75 Å². The molecule has 4 rings (SSSR count). The van der Waals surface area contributed by atoms with Crippen molar-refractivity contribution in [2.24, 2.45) is 11.5 Å². The highest BCUT2D eigenvalue weighted by Crippen LogP contribution is 2.20. The summed E-state index contributed by atoms with van der Waals surface area (Å²) in [5.74, 6) is -4.33. The van der Waals surface area contributed by atoms with Gasteiger partial charge in [0.25, 0.3) is 0 Å². The van der Waals surface area contributed by atoms with E-state index < -0.39 is 53.8 Å². The van der Waals surface area contributed by atoms with Crippen LogP contribution in [0.25, 0.3) is 10.9 Å². The second kappa shape index (κ2) is 15.3. The van der Waals surface area contributed by atoms with Crippen LogP contribution in [0.5, 0.6) is 5.75 Å². The molecule has 0 aliphatic heterocycles. The zero-order chi connectivity index (χ0) is 33.2. The smallest absolute Gasteiger partial charge is 0.326 e. The topological polar surface area (TPSA) is 258 Å². The van der Waals surface area contributed by atoms with Gasteiger partial charge in [-0.3, -0.25) is 19.2 Å². The van der Waals surface area contributed by atoms with Crippen LogP contribution < -0.4 is 27.4 Å². The van der Waals surface area contributed by atoms with Gasteiger partial charge in [-0.2, -0.15) is 0 Å². The van der Waals surface area contributed by atoms with Crippen molar-refractivity contribution in [2.45, 2.75) is 56.3 Å². The van der Waals surface area contributed by atoms with Crippen molar-refractivity contribution in [3.05, 3.63) is 84.1 Å². The largest absolute Gasteiger partial charge is 0.508 e. The second-order valence-corrected chi connectivity index (χ2v) is 10.8. The number of carbonyl (C=O) groups excluding carboxylic acids is 4. The van der Waals surface area contributed by atoms with E-state index in [-0.39, 0.29) is 37.9 Å². The third-order valence-corrected chi connectivity index (χ3v) is 7.37. The standard InChI is InChI=1S/C31H36N8O7/c32-22(13-19-15-34-16-36-19)28(42)38-26(12-18-14-35-23-4-2-1-3-21(18)23)30(44)39-25(11-17-5-7-20(40)8-6-17)29(43)37-24(31(45)46)9-10-27(33)41/h1-8,14-16,22,24-26,35,40H,9-13,32H2,(H2,33,41)(H,34,36)(H,37,43)(H,38,42)(H,39,44)(H,45,46). The molecular formula is C31H36N8O7. The second-order valence-electron chi connectivity index (χ2n) is 10.8. The number of aromatic nitrogens is 3. The Hall–Kier alpha value is -5.70. The summed E-state index contributed by atoms with van der Waals surface area (Å²) in [6.45, 7) is 0. The van der Waals surface area contributed by atoms with Crippen molar-refractivity contribution in [3.63, 3.8) is 0 Å². The summed E-state index contributed by atoms with van der Waals surface area (Å²) in [5.41, 5.74) is 14.0. The minimum atomic E-state index is -1.46. The highest BCUT2D eigenvalue weighted by molar-refractivity contribution is 5.95. The van der Waals surface area contributed by atoms with Gasteiger partial charge < -0.3 is 47.6 Å². The number of carboxylic acids is 1. The number of H-pyrrole nitrogens is 2. The predicted molar refractivity (Wildman–Crippen MR) is 166 cm³/mol. The molecular weight excluding hydrogens is 596 g/mol. The minimum absolute atomic E-state index is 0.0147. The van der Waals surface area contributed by atoms with Crippen LogP contribution in [0.15, 0.2) is 67.3 Å². The number of hydrogen-bond acceptors (Lipinski definition) is 8. The number of nitrogens with one attached hydrogen (secondary N) is 5. The van der Waals surface area contributed by atoms with Crippen molar-refractivity contribution >= 4 is 40.5 Å². The van der Waals surface area contributed by atoms with Gasteiger partial charge >= 0.3 is 5.97 Å². The molecule has 4 amide bonds. The number of primary amides is 1. The Kier molecular flexibility index (Phi) is 11.1. The van der Waals surface area contributed by atoms with Gasteiger partial charge in [0.15, 0.2) is 0 Å². The number of nitrogens with two attached hydrogens (primary N) is 2. The Morgan fingerprint density at radius 2 is 1.48 bits per heavy atom. The first-order chi connectivity index (χ1) is 22.0. The zero-order valence-electron chi connectivity index (χ0n) is 24.7. The van der Waals surface area contributed by atoms with Gasteiger partial charge in [-0.15, -0.1) is 0 Å². The molecule has 0 spiro atoms.